The van der Waals surface area contributed by atoms with E-state index in [0.717, 1.165) is 0 Å². The van der Waals surface area contributed by atoms with Crippen molar-refractivity contribution in [3.05, 3.63) is 12.2 Å². The molecular formula is C9H12O4. The molecule has 0 fully saturated rings. The van der Waals surface area contributed by atoms with E-state index in [1.54, 1.807) is 12.2 Å². The molecule has 72 valence electrons. The van der Waals surface area contributed by atoms with Crippen molar-refractivity contribution in [2.24, 2.45) is 11.3 Å². The van der Waals surface area contributed by atoms with Crippen molar-refractivity contribution >= 4 is 11.9 Å². The van der Waals surface area contributed by atoms with Crippen LogP contribution in [-0.4, -0.2) is 22.2 Å². The molecule has 0 unspecified atom stereocenters. The first-order valence-corrected chi connectivity index (χ1v) is 4.09. The van der Waals surface area contributed by atoms with Gasteiger partial charge in [0.05, 0.1) is 11.3 Å². The number of carboxylic acids is 2. The summed E-state index contributed by atoms with van der Waals surface area (Å²) in [4.78, 5) is 21.7. The second-order valence-electron chi connectivity index (χ2n) is 3.52. The molecule has 1 aliphatic carbocycles. The zero-order valence-electron chi connectivity index (χ0n) is 7.36. The molecule has 1 aliphatic rings. The van der Waals surface area contributed by atoms with Gasteiger partial charge in [-0.1, -0.05) is 12.2 Å². The van der Waals surface area contributed by atoms with Crippen molar-refractivity contribution in [2.75, 3.05) is 0 Å². The Morgan fingerprint density at radius 2 is 2.00 bits per heavy atom. The van der Waals surface area contributed by atoms with Gasteiger partial charge < -0.3 is 10.2 Å². The van der Waals surface area contributed by atoms with Crippen LogP contribution in [0.25, 0.3) is 0 Å². The van der Waals surface area contributed by atoms with Crippen molar-refractivity contribution in [3.63, 3.8) is 0 Å². The van der Waals surface area contributed by atoms with Crippen LogP contribution in [0.5, 0.6) is 0 Å². The fourth-order valence-corrected chi connectivity index (χ4v) is 1.57. The maximum atomic E-state index is 10.9. The molecule has 0 radical (unpaired) electrons. The zero-order valence-corrected chi connectivity index (χ0v) is 7.36. The van der Waals surface area contributed by atoms with Crippen LogP contribution in [-0.2, 0) is 9.59 Å². The molecule has 0 aromatic heterocycles. The number of aliphatic carboxylic acids is 2. The number of carboxylic acid groups (broad SMARTS) is 2. The van der Waals surface area contributed by atoms with E-state index in [1.165, 1.54) is 6.92 Å². The molecule has 0 bridgehead atoms. The van der Waals surface area contributed by atoms with E-state index in [1.807, 2.05) is 0 Å². The van der Waals surface area contributed by atoms with Gasteiger partial charge in [-0.3, -0.25) is 9.59 Å². The molecular weight excluding hydrogens is 172 g/mol. The molecule has 0 aromatic carbocycles. The molecule has 0 saturated carbocycles. The third-order valence-electron chi connectivity index (χ3n) is 2.64. The Morgan fingerprint density at radius 1 is 1.38 bits per heavy atom. The lowest BCUT2D eigenvalue weighted by molar-refractivity contribution is -0.161. The molecule has 0 aromatic rings. The smallest absolute Gasteiger partial charge is 0.310 e. The summed E-state index contributed by atoms with van der Waals surface area (Å²) >= 11 is 0. The van der Waals surface area contributed by atoms with Gasteiger partial charge in [-0.2, -0.15) is 0 Å². The van der Waals surface area contributed by atoms with Gasteiger partial charge in [0.1, 0.15) is 0 Å². The van der Waals surface area contributed by atoms with Crippen LogP contribution in [0.1, 0.15) is 19.8 Å². The number of rotatable bonds is 2. The van der Waals surface area contributed by atoms with Crippen molar-refractivity contribution < 1.29 is 19.8 Å². The van der Waals surface area contributed by atoms with Crippen LogP contribution < -0.4 is 0 Å². The van der Waals surface area contributed by atoms with Crippen molar-refractivity contribution in [2.45, 2.75) is 19.8 Å². The summed E-state index contributed by atoms with van der Waals surface area (Å²) in [5.74, 6) is -2.88. The Bertz CT molecular complexity index is 269. The lowest BCUT2D eigenvalue weighted by Crippen LogP contribution is -2.41. The third-order valence-corrected chi connectivity index (χ3v) is 2.64. The molecule has 0 heterocycles. The zero-order chi connectivity index (χ0) is 10.1. The molecule has 0 aliphatic heterocycles. The number of carbonyl (C=O) groups is 2. The van der Waals surface area contributed by atoms with Gasteiger partial charge >= 0.3 is 11.9 Å². The minimum absolute atomic E-state index is 0.291. The first kappa shape index (κ1) is 9.77. The fourth-order valence-electron chi connectivity index (χ4n) is 1.57. The topological polar surface area (TPSA) is 74.6 Å². The summed E-state index contributed by atoms with van der Waals surface area (Å²) in [6.07, 6.45) is 4.05. The van der Waals surface area contributed by atoms with Crippen molar-refractivity contribution in [1.82, 2.24) is 0 Å². The second-order valence-corrected chi connectivity index (χ2v) is 3.52. The molecule has 13 heavy (non-hydrogen) atoms. The molecule has 1 rings (SSSR count). The van der Waals surface area contributed by atoms with Gasteiger partial charge in [0.2, 0.25) is 0 Å². The Labute approximate surface area is 75.9 Å². The van der Waals surface area contributed by atoms with E-state index in [0.29, 0.717) is 12.8 Å². The highest BCUT2D eigenvalue weighted by atomic mass is 16.4. The van der Waals surface area contributed by atoms with Crippen LogP contribution in [0.3, 0.4) is 0 Å². The minimum Gasteiger partial charge on any atom is -0.481 e. The first-order valence-electron chi connectivity index (χ1n) is 4.09. The summed E-state index contributed by atoms with van der Waals surface area (Å²) in [5.41, 5.74) is -1.15. The highest BCUT2D eigenvalue weighted by molar-refractivity contribution is 5.83. The standard InChI is InChI=1S/C9H12O4/c1-9(8(12)13)5-3-2-4-6(9)7(10)11/h2-3,6H,4-5H2,1H3,(H,10,11)(H,12,13)/t6-,9+/m0/s1. The summed E-state index contributed by atoms with van der Waals surface area (Å²) in [5, 5.41) is 17.7. The van der Waals surface area contributed by atoms with E-state index in [-0.39, 0.29) is 0 Å². The Kier molecular flexibility index (Phi) is 2.40. The SMILES string of the molecule is C[C@@]1(C(=O)O)CC=CC[C@H]1C(=O)O. The summed E-state index contributed by atoms with van der Waals surface area (Å²) < 4.78 is 0. The monoisotopic (exact) mass is 184 g/mol. The van der Waals surface area contributed by atoms with Crippen LogP contribution >= 0.6 is 0 Å². The lowest BCUT2D eigenvalue weighted by atomic mass is 9.70. The predicted molar refractivity (Wildman–Crippen MR) is 45.2 cm³/mol. The van der Waals surface area contributed by atoms with E-state index >= 15 is 0 Å². The molecule has 4 nitrogen and oxygen atoms in total. The van der Waals surface area contributed by atoms with Crippen molar-refractivity contribution in [3.8, 4) is 0 Å². The summed E-state index contributed by atoms with van der Waals surface area (Å²) in [7, 11) is 0. The molecule has 0 saturated heterocycles. The molecule has 4 heteroatoms. The second kappa shape index (κ2) is 3.20. The summed E-state index contributed by atoms with van der Waals surface area (Å²) in [6, 6.07) is 0. The quantitative estimate of drug-likeness (QED) is 0.631. The third kappa shape index (κ3) is 1.56. The molecule has 0 spiro atoms. The predicted octanol–water partition coefficient (Wildman–Crippen LogP) is 1.13. The normalized spacial score (nSPS) is 32.8. The Hall–Kier alpha value is -1.32. The first-order chi connectivity index (χ1) is 5.98. The Balaban J connectivity index is 2.99. The highest BCUT2D eigenvalue weighted by Gasteiger charge is 2.45. The lowest BCUT2D eigenvalue weighted by Gasteiger charge is -2.32. The van der Waals surface area contributed by atoms with E-state index in [2.05, 4.69) is 0 Å². The Morgan fingerprint density at radius 3 is 2.38 bits per heavy atom. The largest absolute Gasteiger partial charge is 0.481 e. The van der Waals surface area contributed by atoms with Gasteiger partial charge in [0.15, 0.2) is 0 Å². The van der Waals surface area contributed by atoms with E-state index in [4.69, 9.17) is 10.2 Å². The van der Waals surface area contributed by atoms with Gasteiger partial charge in [-0.25, -0.2) is 0 Å². The molecule has 2 atom stereocenters. The van der Waals surface area contributed by atoms with Crippen LogP contribution in [0.15, 0.2) is 12.2 Å². The maximum absolute atomic E-state index is 10.9. The van der Waals surface area contributed by atoms with Gasteiger partial charge in [0.25, 0.3) is 0 Å². The number of allylic oxidation sites excluding steroid dienone is 2. The van der Waals surface area contributed by atoms with E-state index < -0.39 is 23.3 Å². The number of hydrogen-bond donors (Lipinski definition) is 2. The highest BCUT2D eigenvalue weighted by Crippen LogP contribution is 2.38. The van der Waals surface area contributed by atoms with E-state index in [9.17, 15) is 9.59 Å². The van der Waals surface area contributed by atoms with Gasteiger partial charge in [-0.15, -0.1) is 0 Å². The molecule has 0 amide bonds. The average Bonchev–Trinajstić information content (AvgIpc) is 2.04. The van der Waals surface area contributed by atoms with Crippen LogP contribution in [0, 0.1) is 11.3 Å². The summed E-state index contributed by atoms with van der Waals surface area (Å²) in [6.45, 7) is 1.48. The molecule has 2 N–H and O–H groups in total. The fraction of sp³-hybridized carbons (Fsp3) is 0.556. The minimum atomic E-state index is -1.15. The van der Waals surface area contributed by atoms with Crippen LogP contribution in [0.2, 0.25) is 0 Å². The average molecular weight is 184 g/mol. The van der Waals surface area contributed by atoms with Gasteiger partial charge in [0, 0.05) is 0 Å². The van der Waals surface area contributed by atoms with Crippen molar-refractivity contribution in [1.29, 1.82) is 0 Å². The maximum Gasteiger partial charge on any atom is 0.310 e. The van der Waals surface area contributed by atoms with Gasteiger partial charge in [-0.05, 0) is 19.8 Å². The van der Waals surface area contributed by atoms with Crippen LogP contribution in [0.4, 0.5) is 0 Å². The number of hydrogen-bond acceptors (Lipinski definition) is 2.